The Bertz CT molecular complexity index is 998. The smallest absolute Gasteiger partial charge is 0.261 e. The van der Waals surface area contributed by atoms with E-state index in [4.69, 9.17) is 9.16 Å². The molecule has 0 aliphatic heterocycles. The molecule has 0 aliphatic carbocycles. The van der Waals surface area contributed by atoms with Gasteiger partial charge in [0.25, 0.3) is 14.2 Å². The van der Waals surface area contributed by atoms with Crippen LogP contribution in [0.2, 0.25) is 5.04 Å². The van der Waals surface area contributed by atoms with Gasteiger partial charge in [-0.05, 0) is 34.0 Å². The van der Waals surface area contributed by atoms with E-state index in [0.717, 1.165) is 5.56 Å². The molecule has 0 fully saturated rings. The van der Waals surface area contributed by atoms with Gasteiger partial charge in [0.05, 0.1) is 19.8 Å². The Morgan fingerprint density at radius 1 is 0.971 bits per heavy atom. The highest BCUT2D eigenvalue weighted by Gasteiger charge is 2.50. The Labute approximate surface area is 203 Å². The third-order valence-electron chi connectivity index (χ3n) is 5.70. The van der Waals surface area contributed by atoms with E-state index in [9.17, 15) is 9.90 Å². The van der Waals surface area contributed by atoms with Gasteiger partial charge in [-0.3, -0.25) is 4.79 Å². The van der Waals surface area contributed by atoms with Crippen LogP contribution in [0, 0.1) is 6.92 Å². The molecule has 0 saturated heterocycles. The van der Waals surface area contributed by atoms with Crippen LogP contribution in [0.5, 0.6) is 0 Å². The highest BCUT2D eigenvalue weighted by Crippen LogP contribution is 2.36. The number of aliphatic hydroxyl groups excluding tert-OH is 1. The largest absolute Gasteiger partial charge is 0.405 e. The lowest BCUT2D eigenvalue weighted by molar-refractivity contribution is -0.127. The maximum Gasteiger partial charge on any atom is 0.261 e. The molecule has 0 radical (unpaired) electrons. The van der Waals surface area contributed by atoms with Crippen LogP contribution in [-0.4, -0.2) is 50.2 Å². The zero-order valence-corrected chi connectivity index (χ0v) is 21.3. The number of hydrogen-bond acceptors (Lipinski definition) is 5. The lowest BCUT2D eigenvalue weighted by Gasteiger charge is -2.43. The predicted octanol–water partition coefficient (Wildman–Crippen LogP) is 3.28. The van der Waals surface area contributed by atoms with Crippen molar-refractivity contribution in [1.29, 1.82) is 0 Å². The summed E-state index contributed by atoms with van der Waals surface area (Å²) in [5, 5.41) is 15.0. The number of nitrogens with one attached hydrogen (secondary N) is 1. The third-order valence-corrected chi connectivity index (χ3v) is 10.7. The molecule has 3 rings (SSSR count). The number of hydrogen-bond donors (Lipinski definition) is 2. The predicted molar refractivity (Wildman–Crippen MR) is 138 cm³/mol. The van der Waals surface area contributed by atoms with Crippen LogP contribution >= 0.6 is 0 Å². The molecule has 0 saturated carbocycles. The van der Waals surface area contributed by atoms with Crippen LogP contribution < -0.4 is 15.7 Å². The van der Waals surface area contributed by atoms with Gasteiger partial charge in [0, 0.05) is 6.20 Å². The van der Waals surface area contributed by atoms with E-state index in [1.807, 2.05) is 49.4 Å². The van der Waals surface area contributed by atoms with Crippen molar-refractivity contribution in [3.05, 3.63) is 84.6 Å². The Kier molecular flexibility index (Phi) is 8.74. The number of aliphatic hydroxyl groups is 1. The lowest BCUT2D eigenvalue weighted by Crippen LogP contribution is -2.66. The average Bonchev–Trinajstić information content (AvgIpc) is 2.83. The molecule has 1 heterocycles. The van der Waals surface area contributed by atoms with E-state index in [-0.39, 0.29) is 18.3 Å². The first-order chi connectivity index (χ1) is 16.2. The molecule has 1 atom stereocenters. The Balaban J connectivity index is 1.63. The number of anilines is 1. The number of nitrogens with zero attached hydrogens (tertiary/aromatic N) is 1. The average molecular weight is 479 g/mol. The van der Waals surface area contributed by atoms with Gasteiger partial charge < -0.3 is 19.6 Å². The molecule has 1 aromatic heterocycles. The molecule has 0 spiro atoms. The quantitative estimate of drug-likeness (QED) is 0.345. The van der Waals surface area contributed by atoms with Crippen molar-refractivity contribution in [1.82, 2.24) is 4.98 Å². The Morgan fingerprint density at radius 2 is 1.56 bits per heavy atom. The van der Waals surface area contributed by atoms with Crippen LogP contribution in [0.15, 0.2) is 79.0 Å². The van der Waals surface area contributed by atoms with Gasteiger partial charge in [0.15, 0.2) is 6.10 Å². The fraction of sp³-hybridized carbons (Fsp3) is 0.333. The summed E-state index contributed by atoms with van der Waals surface area (Å²) >= 11 is 0. The molecule has 2 aromatic carbocycles. The summed E-state index contributed by atoms with van der Waals surface area (Å²) in [4.78, 5) is 16.3. The second-order valence-corrected chi connectivity index (χ2v) is 13.6. The summed E-state index contributed by atoms with van der Waals surface area (Å²) in [7, 11) is -2.63. The van der Waals surface area contributed by atoms with Crippen molar-refractivity contribution < 1.29 is 19.1 Å². The molecular weight excluding hydrogens is 444 g/mol. The topological polar surface area (TPSA) is 80.7 Å². The first-order valence-corrected chi connectivity index (χ1v) is 13.4. The minimum Gasteiger partial charge on any atom is -0.405 e. The van der Waals surface area contributed by atoms with E-state index in [1.165, 1.54) is 10.4 Å². The van der Waals surface area contributed by atoms with Crippen molar-refractivity contribution >= 4 is 30.4 Å². The van der Waals surface area contributed by atoms with Gasteiger partial charge >= 0.3 is 0 Å². The van der Waals surface area contributed by atoms with E-state index >= 15 is 0 Å². The second-order valence-electron chi connectivity index (χ2n) is 9.31. The number of pyridine rings is 1. The van der Waals surface area contributed by atoms with E-state index in [0.29, 0.717) is 12.4 Å². The van der Waals surface area contributed by atoms with Crippen LogP contribution in [0.3, 0.4) is 0 Å². The number of aromatic nitrogens is 1. The van der Waals surface area contributed by atoms with E-state index in [2.05, 4.69) is 55.3 Å². The maximum absolute atomic E-state index is 12.2. The third kappa shape index (κ3) is 6.18. The highest BCUT2D eigenvalue weighted by atomic mass is 28.4. The van der Waals surface area contributed by atoms with Crippen molar-refractivity contribution in [3.63, 3.8) is 0 Å². The zero-order chi connectivity index (χ0) is 24.6. The second kappa shape index (κ2) is 11.5. The molecular formula is C27H34N2O4Si. The number of carbonyl (C=O) groups excluding carboxylic acids is 1. The summed E-state index contributed by atoms with van der Waals surface area (Å²) in [5.74, 6) is -0.158. The molecule has 1 amide bonds. The van der Waals surface area contributed by atoms with Gasteiger partial charge in [0.2, 0.25) is 0 Å². The standard InChI is InChI=1S/C27H34N2O4Si/c1-21-15-16-25(28-19-21)29-26(31)24(30)20-32-17-18-33-34(27(2,3)4,22-11-7-5-8-12-22)23-13-9-6-10-14-23/h5-16,19,24,30H,17-18,20H2,1-4H3,(H,28,29,31). The summed E-state index contributed by atoms with van der Waals surface area (Å²) in [5.41, 5.74) is 0.989. The van der Waals surface area contributed by atoms with Crippen LogP contribution in [0.1, 0.15) is 26.3 Å². The lowest BCUT2D eigenvalue weighted by atomic mass is 10.2. The minimum absolute atomic E-state index is 0.123. The fourth-order valence-corrected chi connectivity index (χ4v) is 8.58. The summed E-state index contributed by atoms with van der Waals surface area (Å²) < 4.78 is 12.4. The first kappa shape index (κ1) is 25.8. The fourth-order valence-electron chi connectivity index (χ4n) is 4.04. The maximum atomic E-state index is 12.2. The normalized spacial score (nSPS) is 12.9. The number of rotatable bonds is 10. The van der Waals surface area contributed by atoms with Gasteiger partial charge in [-0.2, -0.15) is 0 Å². The molecule has 3 aromatic rings. The molecule has 0 aliphatic rings. The van der Waals surface area contributed by atoms with Crippen LogP contribution in [-0.2, 0) is 14.0 Å². The van der Waals surface area contributed by atoms with Gasteiger partial charge in [0.1, 0.15) is 5.82 Å². The van der Waals surface area contributed by atoms with Gasteiger partial charge in [-0.15, -0.1) is 0 Å². The molecule has 1 unspecified atom stereocenters. The molecule has 2 N–H and O–H groups in total. The monoisotopic (exact) mass is 478 g/mol. The summed E-state index contributed by atoms with van der Waals surface area (Å²) in [6, 6.07) is 24.3. The number of aryl methyl sites for hydroxylation is 1. The summed E-state index contributed by atoms with van der Waals surface area (Å²) in [6.07, 6.45) is 0.358. The highest BCUT2D eigenvalue weighted by molar-refractivity contribution is 6.99. The van der Waals surface area contributed by atoms with Crippen molar-refractivity contribution in [3.8, 4) is 0 Å². The van der Waals surface area contributed by atoms with E-state index in [1.54, 1.807) is 12.3 Å². The SMILES string of the molecule is Cc1ccc(NC(=O)C(O)COCCO[Si](c2ccccc2)(c2ccccc2)C(C)(C)C)nc1. The Morgan fingerprint density at radius 3 is 2.06 bits per heavy atom. The first-order valence-electron chi connectivity index (χ1n) is 11.5. The molecule has 7 heteroatoms. The zero-order valence-electron chi connectivity index (χ0n) is 20.3. The van der Waals surface area contributed by atoms with Crippen LogP contribution in [0.25, 0.3) is 0 Å². The Hall–Kier alpha value is -2.84. The number of carbonyl (C=O) groups is 1. The minimum atomic E-state index is -2.63. The molecule has 6 nitrogen and oxygen atoms in total. The van der Waals surface area contributed by atoms with E-state index < -0.39 is 20.3 Å². The molecule has 180 valence electrons. The molecule has 0 bridgehead atoms. The number of amides is 1. The van der Waals surface area contributed by atoms with Gasteiger partial charge in [-0.1, -0.05) is 87.5 Å². The van der Waals surface area contributed by atoms with Gasteiger partial charge in [-0.25, -0.2) is 4.98 Å². The molecule has 34 heavy (non-hydrogen) atoms. The summed E-state index contributed by atoms with van der Waals surface area (Å²) in [6.45, 7) is 9.05. The number of benzene rings is 2. The number of ether oxygens (including phenoxy) is 1. The van der Waals surface area contributed by atoms with Crippen molar-refractivity contribution in [2.45, 2.75) is 38.8 Å². The van der Waals surface area contributed by atoms with Crippen LogP contribution in [0.4, 0.5) is 5.82 Å². The van der Waals surface area contributed by atoms with Crippen molar-refractivity contribution in [2.75, 3.05) is 25.1 Å². The van der Waals surface area contributed by atoms with Crippen molar-refractivity contribution in [2.24, 2.45) is 0 Å².